The number of nitrogens with zero attached hydrogens (tertiary/aromatic N) is 1. The molecule has 2 rings (SSSR count). The van der Waals surface area contributed by atoms with Gasteiger partial charge < -0.3 is 19.0 Å². The predicted molar refractivity (Wildman–Crippen MR) is 117 cm³/mol. The highest BCUT2D eigenvalue weighted by Gasteiger charge is 2.10. The second-order valence-corrected chi connectivity index (χ2v) is 6.98. The van der Waals surface area contributed by atoms with E-state index in [4.69, 9.17) is 14.2 Å². The van der Waals surface area contributed by atoms with Crippen molar-refractivity contribution in [3.63, 3.8) is 0 Å². The van der Waals surface area contributed by atoms with Gasteiger partial charge in [-0.2, -0.15) is 0 Å². The van der Waals surface area contributed by atoms with Crippen molar-refractivity contribution in [3.05, 3.63) is 65.2 Å². The van der Waals surface area contributed by atoms with Crippen molar-refractivity contribution in [1.82, 2.24) is 0 Å². The highest BCUT2D eigenvalue weighted by atomic mass is 16.6. The molecule has 0 bridgehead atoms. The minimum atomic E-state index is 0.245. The fourth-order valence-corrected chi connectivity index (χ4v) is 2.74. The Bertz CT molecular complexity index is 789. The molecule has 0 aromatic heterocycles. The molecule has 0 saturated carbocycles. The number of rotatable bonds is 11. The Morgan fingerprint density at radius 1 is 0.931 bits per heavy atom. The number of aryl methyl sites for hydroxylation is 2. The van der Waals surface area contributed by atoms with Gasteiger partial charge in [-0.15, -0.1) is 0 Å². The van der Waals surface area contributed by atoms with Crippen LogP contribution in [0.2, 0.25) is 0 Å². The maximum Gasteiger partial charge on any atom is 0.125 e. The molecule has 0 heterocycles. The third kappa shape index (κ3) is 7.53. The zero-order chi connectivity index (χ0) is 21.1. The average molecular weight is 398 g/mol. The Labute approximate surface area is 173 Å². The van der Waals surface area contributed by atoms with Crippen LogP contribution >= 0.6 is 0 Å². The van der Waals surface area contributed by atoms with Crippen molar-refractivity contribution < 1.29 is 19.0 Å². The van der Waals surface area contributed by atoms with E-state index in [1.807, 2.05) is 69.3 Å². The fourth-order valence-electron chi connectivity index (χ4n) is 2.74. The Hall–Kier alpha value is -2.95. The summed E-state index contributed by atoms with van der Waals surface area (Å²) in [6.45, 7) is 9.91. The quantitative estimate of drug-likeness (QED) is 0.292. The van der Waals surface area contributed by atoms with Gasteiger partial charge in [0, 0.05) is 5.92 Å². The molecule has 0 aliphatic carbocycles. The van der Waals surface area contributed by atoms with Crippen LogP contribution in [0, 0.1) is 19.8 Å². The van der Waals surface area contributed by atoms with Crippen LogP contribution in [0.4, 0.5) is 0 Å². The fraction of sp³-hybridized carbons (Fsp3) is 0.375. The van der Waals surface area contributed by atoms with Crippen molar-refractivity contribution in [2.75, 3.05) is 26.9 Å². The lowest BCUT2D eigenvalue weighted by atomic mass is 10.1. The van der Waals surface area contributed by atoms with Crippen molar-refractivity contribution in [2.24, 2.45) is 11.1 Å². The second-order valence-electron chi connectivity index (χ2n) is 6.98. The highest BCUT2D eigenvalue weighted by molar-refractivity contribution is 5.79. The first-order valence-electron chi connectivity index (χ1n) is 9.80. The van der Waals surface area contributed by atoms with E-state index >= 15 is 0 Å². The number of hydrogen-bond donors (Lipinski definition) is 0. The first-order chi connectivity index (χ1) is 14.0. The molecule has 29 heavy (non-hydrogen) atoms. The molecule has 156 valence electrons. The molecule has 1 unspecified atom stereocenters. The Kier molecular flexibility index (Phi) is 9.09. The molecule has 5 nitrogen and oxygen atoms in total. The van der Waals surface area contributed by atoms with Crippen LogP contribution in [-0.2, 0) is 4.84 Å². The van der Waals surface area contributed by atoms with Gasteiger partial charge in [0.25, 0.3) is 0 Å². The van der Waals surface area contributed by atoms with Gasteiger partial charge in [0.2, 0.25) is 0 Å². The SMILES string of the molecule is C/C=C/COc1cc(C)c(OCC(C)COc2ccc(/C=N/OC)cc2)c(C)c1. The summed E-state index contributed by atoms with van der Waals surface area (Å²) >= 11 is 0. The maximum absolute atomic E-state index is 6.08. The lowest BCUT2D eigenvalue weighted by Gasteiger charge is -2.18. The monoisotopic (exact) mass is 397 g/mol. The zero-order valence-electron chi connectivity index (χ0n) is 18.0. The first kappa shape index (κ1) is 22.3. The third-order valence-corrected chi connectivity index (χ3v) is 4.25. The Balaban J connectivity index is 1.84. The summed E-state index contributed by atoms with van der Waals surface area (Å²) in [7, 11) is 1.52. The zero-order valence-corrected chi connectivity index (χ0v) is 18.0. The average Bonchev–Trinajstić information content (AvgIpc) is 2.71. The summed E-state index contributed by atoms with van der Waals surface area (Å²) in [6, 6.07) is 11.7. The van der Waals surface area contributed by atoms with E-state index in [1.54, 1.807) is 6.21 Å². The molecular formula is C24H31NO4. The molecule has 0 saturated heterocycles. The van der Waals surface area contributed by atoms with Crippen molar-refractivity contribution in [2.45, 2.75) is 27.7 Å². The molecular weight excluding hydrogens is 366 g/mol. The minimum Gasteiger partial charge on any atom is -0.493 e. The molecule has 2 aromatic carbocycles. The molecule has 5 heteroatoms. The number of allylic oxidation sites excluding steroid dienone is 1. The maximum atomic E-state index is 6.08. The smallest absolute Gasteiger partial charge is 0.125 e. The van der Waals surface area contributed by atoms with Crippen molar-refractivity contribution >= 4 is 6.21 Å². The molecule has 0 fully saturated rings. The van der Waals surface area contributed by atoms with E-state index < -0.39 is 0 Å². The van der Waals surface area contributed by atoms with Crippen LogP contribution in [-0.4, -0.2) is 33.1 Å². The Morgan fingerprint density at radius 2 is 1.59 bits per heavy atom. The van der Waals surface area contributed by atoms with Gasteiger partial charge in [-0.25, -0.2) is 0 Å². The largest absolute Gasteiger partial charge is 0.493 e. The summed E-state index contributed by atoms with van der Waals surface area (Å²) in [4.78, 5) is 4.68. The predicted octanol–water partition coefficient (Wildman–Crippen LogP) is 5.33. The Morgan fingerprint density at radius 3 is 2.21 bits per heavy atom. The summed E-state index contributed by atoms with van der Waals surface area (Å²) in [5.41, 5.74) is 3.10. The first-order valence-corrected chi connectivity index (χ1v) is 9.80. The molecule has 1 atom stereocenters. The van der Waals surface area contributed by atoms with E-state index in [9.17, 15) is 0 Å². The van der Waals surface area contributed by atoms with Gasteiger partial charge in [0.15, 0.2) is 0 Å². The van der Waals surface area contributed by atoms with Crippen molar-refractivity contribution in [1.29, 1.82) is 0 Å². The van der Waals surface area contributed by atoms with Crippen LogP contribution in [0.1, 0.15) is 30.5 Å². The van der Waals surface area contributed by atoms with E-state index in [0.717, 1.165) is 33.9 Å². The van der Waals surface area contributed by atoms with Gasteiger partial charge >= 0.3 is 0 Å². The van der Waals surface area contributed by atoms with Crippen LogP contribution in [0.25, 0.3) is 0 Å². The number of oxime groups is 1. The number of ether oxygens (including phenoxy) is 3. The van der Waals surface area contributed by atoms with Gasteiger partial charge in [0.05, 0.1) is 19.4 Å². The van der Waals surface area contributed by atoms with Crippen LogP contribution in [0.5, 0.6) is 17.2 Å². The highest BCUT2D eigenvalue weighted by Crippen LogP contribution is 2.29. The van der Waals surface area contributed by atoms with Crippen LogP contribution < -0.4 is 14.2 Å². The molecule has 0 amide bonds. The third-order valence-electron chi connectivity index (χ3n) is 4.25. The van der Waals surface area contributed by atoms with Gasteiger partial charge in [-0.3, -0.25) is 0 Å². The molecule has 0 radical (unpaired) electrons. The minimum absolute atomic E-state index is 0.245. The summed E-state index contributed by atoms with van der Waals surface area (Å²) in [5, 5.41) is 3.74. The lowest BCUT2D eigenvalue weighted by Crippen LogP contribution is -2.17. The van der Waals surface area contributed by atoms with Gasteiger partial charge in [-0.1, -0.05) is 24.2 Å². The summed E-state index contributed by atoms with van der Waals surface area (Å²) in [6.07, 6.45) is 5.62. The van der Waals surface area contributed by atoms with Crippen molar-refractivity contribution in [3.8, 4) is 17.2 Å². The topological polar surface area (TPSA) is 49.3 Å². The number of hydrogen-bond acceptors (Lipinski definition) is 5. The number of benzene rings is 2. The molecule has 0 aliphatic heterocycles. The molecule has 0 aliphatic rings. The van der Waals surface area contributed by atoms with E-state index in [2.05, 4.69) is 16.9 Å². The standard InChI is InChI=1S/C24H31NO4/c1-6-7-12-27-23-13-19(3)24(20(4)14-23)29-17-18(2)16-28-22-10-8-21(9-11-22)15-25-26-5/h6-11,13-15,18H,12,16-17H2,1-5H3/b7-6+,25-15+. The summed E-state index contributed by atoms with van der Waals surface area (Å²) in [5.74, 6) is 2.84. The van der Waals surface area contributed by atoms with Crippen LogP contribution in [0.3, 0.4) is 0 Å². The van der Waals surface area contributed by atoms with Gasteiger partial charge in [-0.05, 0) is 73.9 Å². The lowest BCUT2D eigenvalue weighted by molar-refractivity contribution is 0.187. The molecule has 0 spiro atoms. The van der Waals surface area contributed by atoms with Gasteiger partial charge in [0.1, 0.15) is 31.0 Å². The summed E-state index contributed by atoms with van der Waals surface area (Å²) < 4.78 is 17.7. The van der Waals surface area contributed by atoms with E-state index in [0.29, 0.717) is 19.8 Å². The second kappa shape index (κ2) is 11.8. The normalized spacial score (nSPS) is 12.3. The molecule has 0 N–H and O–H groups in total. The van der Waals surface area contributed by atoms with E-state index in [-0.39, 0.29) is 5.92 Å². The van der Waals surface area contributed by atoms with E-state index in [1.165, 1.54) is 7.11 Å². The molecule has 2 aromatic rings. The van der Waals surface area contributed by atoms with Crippen LogP contribution in [0.15, 0.2) is 53.7 Å².